The number of benzene rings is 1. The van der Waals surface area contributed by atoms with Crippen LogP contribution in [-0.4, -0.2) is 21.0 Å². The SMILES string of the molecule is CC(C)(O)c1ccc(-c2cc(C(N)=O)c(Nc3cccc(COCc4ncco4)n3)s2)c(F)c1. The average Bonchev–Trinajstić information content (AvgIpc) is 3.43. The summed E-state index contributed by atoms with van der Waals surface area (Å²) in [6.45, 7) is 3.61. The zero-order chi connectivity index (χ0) is 24.3. The molecule has 1 aromatic carbocycles. The molecule has 0 aliphatic carbocycles. The molecule has 0 radical (unpaired) electrons. The van der Waals surface area contributed by atoms with Crippen LogP contribution in [0.15, 0.2) is 59.3 Å². The van der Waals surface area contributed by atoms with Crippen LogP contribution in [0.1, 0.15) is 41.4 Å². The fraction of sp³-hybridized carbons (Fsp3) is 0.208. The summed E-state index contributed by atoms with van der Waals surface area (Å²) in [5.74, 6) is -0.212. The molecule has 3 heterocycles. The van der Waals surface area contributed by atoms with Crippen LogP contribution in [-0.2, 0) is 23.6 Å². The Hall–Kier alpha value is -3.60. The normalized spacial score (nSPS) is 11.5. The lowest BCUT2D eigenvalue weighted by atomic mass is 9.96. The van der Waals surface area contributed by atoms with Gasteiger partial charge in [0.1, 0.15) is 29.5 Å². The number of thiophene rings is 1. The molecule has 3 aromatic heterocycles. The predicted molar refractivity (Wildman–Crippen MR) is 126 cm³/mol. The van der Waals surface area contributed by atoms with Crippen LogP contribution in [0.25, 0.3) is 10.4 Å². The summed E-state index contributed by atoms with van der Waals surface area (Å²) in [5.41, 5.74) is 6.02. The lowest BCUT2D eigenvalue weighted by Gasteiger charge is -2.18. The molecule has 176 valence electrons. The number of oxazole rings is 1. The van der Waals surface area contributed by atoms with Gasteiger partial charge in [-0.2, -0.15) is 0 Å². The lowest BCUT2D eigenvalue weighted by molar-refractivity contribution is 0.0782. The minimum atomic E-state index is -1.17. The summed E-state index contributed by atoms with van der Waals surface area (Å²) < 4.78 is 25.5. The Morgan fingerprint density at radius 3 is 2.76 bits per heavy atom. The number of carbonyl (C=O) groups is 1. The molecule has 0 fully saturated rings. The topological polar surface area (TPSA) is 124 Å². The molecule has 10 heteroatoms. The molecule has 4 rings (SSSR count). The number of nitrogens with zero attached hydrogens (tertiary/aromatic N) is 2. The van der Waals surface area contributed by atoms with Crippen molar-refractivity contribution in [3.05, 3.63) is 83.5 Å². The summed E-state index contributed by atoms with van der Waals surface area (Å²) in [5, 5.41) is 13.7. The van der Waals surface area contributed by atoms with E-state index in [0.717, 1.165) is 0 Å². The Balaban J connectivity index is 1.54. The highest BCUT2D eigenvalue weighted by Crippen LogP contribution is 2.38. The molecule has 4 N–H and O–H groups in total. The van der Waals surface area contributed by atoms with Crippen molar-refractivity contribution in [2.75, 3.05) is 5.32 Å². The van der Waals surface area contributed by atoms with Gasteiger partial charge in [0.05, 0.1) is 29.7 Å². The van der Waals surface area contributed by atoms with Gasteiger partial charge in [-0.05, 0) is 43.7 Å². The lowest BCUT2D eigenvalue weighted by Crippen LogP contribution is -2.15. The molecule has 0 bridgehead atoms. The van der Waals surface area contributed by atoms with Gasteiger partial charge in [-0.1, -0.05) is 18.2 Å². The molecular weight excluding hydrogens is 459 g/mol. The van der Waals surface area contributed by atoms with Gasteiger partial charge in [0, 0.05) is 10.4 Å². The van der Waals surface area contributed by atoms with Gasteiger partial charge in [0.25, 0.3) is 5.91 Å². The van der Waals surface area contributed by atoms with Gasteiger partial charge in [-0.25, -0.2) is 14.4 Å². The predicted octanol–water partition coefficient (Wildman–Crippen LogP) is 4.72. The number of primary amides is 1. The van der Waals surface area contributed by atoms with Crippen molar-refractivity contribution >= 4 is 28.1 Å². The first-order valence-electron chi connectivity index (χ1n) is 10.4. The van der Waals surface area contributed by atoms with Crippen LogP contribution in [0.2, 0.25) is 0 Å². The monoisotopic (exact) mass is 482 g/mol. The van der Waals surface area contributed by atoms with E-state index in [4.69, 9.17) is 14.9 Å². The summed E-state index contributed by atoms with van der Waals surface area (Å²) >= 11 is 1.18. The maximum Gasteiger partial charge on any atom is 0.251 e. The maximum atomic E-state index is 14.8. The van der Waals surface area contributed by atoms with E-state index in [1.807, 2.05) is 0 Å². The molecule has 8 nitrogen and oxygen atoms in total. The molecule has 0 unspecified atom stereocenters. The van der Waals surface area contributed by atoms with Crippen molar-refractivity contribution in [1.82, 2.24) is 9.97 Å². The van der Waals surface area contributed by atoms with Gasteiger partial charge in [0.15, 0.2) is 0 Å². The van der Waals surface area contributed by atoms with E-state index in [1.54, 1.807) is 56.4 Å². The van der Waals surface area contributed by atoms with E-state index in [-0.39, 0.29) is 18.8 Å². The van der Waals surface area contributed by atoms with Gasteiger partial charge in [0.2, 0.25) is 5.89 Å². The molecule has 0 saturated heterocycles. The molecular formula is C24H23FN4O4S. The van der Waals surface area contributed by atoms with Crippen molar-refractivity contribution in [2.24, 2.45) is 5.73 Å². The second-order valence-corrected chi connectivity index (χ2v) is 9.08. The Morgan fingerprint density at radius 2 is 2.09 bits per heavy atom. The van der Waals surface area contributed by atoms with Gasteiger partial charge in [-0.15, -0.1) is 11.3 Å². The van der Waals surface area contributed by atoms with Crippen LogP contribution in [0.5, 0.6) is 0 Å². The van der Waals surface area contributed by atoms with Gasteiger partial charge < -0.3 is 25.3 Å². The standard InChI is InChI=1S/C24H23FN4O4S/c1-24(2,31)14-6-7-16(18(25)10-14)19-11-17(22(26)30)23(34-19)29-20-5-3-4-15(28-20)12-32-13-21-27-8-9-33-21/h3-11,31H,12-13H2,1-2H3,(H2,26,30)(H,28,29). The third-order valence-electron chi connectivity index (χ3n) is 4.95. The Bertz CT molecular complexity index is 1300. The number of hydrogen-bond donors (Lipinski definition) is 3. The second kappa shape index (κ2) is 9.72. The maximum absolute atomic E-state index is 14.8. The number of aromatic nitrogens is 2. The second-order valence-electron chi connectivity index (χ2n) is 8.03. The number of pyridine rings is 1. The van der Waals surface area contributed by atoms with Crippen molar-refractivity contribution < 1.29 is 23.4 Å². The molecule has 0 atom stereocenters. The molecule has 34 heavy (non-hydrogen) atoms. The zero-order valence-electron chi connectivity index (χ0n) is 18.5. The van der Waals surface area contributed by atoms with E-state index in [1.165, 1.54) is 23.7 Å². The summed E-state index contributed by atoms with van der Waals surface area (Å²) in [7, 11) is 0. The van der Waals surface area contributed by atoms with E-state index in [9.17, 15) is 14.3 Å². The Kier molecular flexibility index (Phi) is 6.73. The highest BCUT2D eigenvalue weighted by Gasteiger charge is 2.21. The van der Waals surface area contributed by atoms with E-state index in [2.05, 4.69) is 15.3 Å². The molecule has 4 aromatic rings. The highest BCUT2D eigenvalue weighted by molar-refractivity contribution is 7.19. The number of aliphatic hydroxyl groups is 1. The molecule has 0 spiro atoms. The number of amides is 1. The first kappa shape index (κ1) is 23.6. The number of ether oxygens (including phenoxy) is 1. The van der Waals surface area contributed by atoms with Gasteiger partial charge in [-0.3, -0.25) is 4.79 Å². The minimum absolute atomic E-state index is 0.213. The minimum Gasteiger partial charge on any atom is -0.446 e. The van der Waals surface area contributed by atoms with Crippen molar-refractivity contribution in [3.8, 4) is 10.4 Å². The number of anilines is 2. The Labute approximate surface area is 199 Å². The largest absolute Gasteiger partial charge is 0.446 e. The zero-order valence-corrected chi connectivity index (χ0v) is 19.4. The third-order valence-corrected chi connectivity index (χ3v) is 6.03. The summed E-state index contributed by atoms with van der Waals surface area (Å²) in [6.07, 6.45) is 3.02. The molecule has 1 amide bonds. The van der Waals surface area contributed by atoms with Crippen LogP contribution in [0.4, 0.5) is 15.2 Å². The van der Waals surface area contributed by atoms with Crippen LogP contribution >= 0.6 is 11.3 Å². The van der Waals surface area contributed by atoms with E-state index in [0.29, 0.717) is 38.4 Å². The number of nitrogens with two attached hydrogens (primary N) is 1. The van der Waals surface area contributed by atoms with E-state index < -0.39 is 17.3 Å². The van der Waals surface area contributed by atoms with Crippen molar-refractivity contribution in [3.63, 3.8) is 0 Å². The quantitative estimate of drug-likeness (QED) is 0.315. The first-order chi connectivity index (χ1) is 16.2. The average molecular weight is 483 g/mol. The number of hydrogen-bond acceptors (Lipinski definition) is 8. The molecule has 0 saturated carbocycles. The molecule has 0 aliphatic rings. The number of halogens is 1. The summed E-state index contributed by atoms with van der Waals surface area (Å²) in [4.78, 5) is 21.1. The van der Waals surface area contributed by atoms with Crippen molar-refractivity contribution in [2.45, 2.75) is 32.7 Å². The van der Waals surface area contributed by atoms with Crippen LogP contribution in [0.3, 0.4) is 0 Å². The van der Waals surface area contributed by atoms with Crippen LogP contribution < -0.4 is 11.1 Å². The molecule has 0 aliphatic heterocycles. The fourth-order valence-electron chi connectivity index (χ4n) is 3.21. The number of rotatable bonds is 9. The number of nitrogens with one attached hydrogen (secondary N) is 1. The van der Waals surface area contributed by atoms with Gasteiger partial charge >= 0.3 is 0 Å². The number of carbonyl (C=O) groups excluding carboxylic acids is 1. The highest BCUT2D eigenvalue weighted by atomic mass is 32.1. The van der Waals surface area contributed by atoms with Crippen molar-refractivity contribution in [1.29, 1.82) is 0 Å². The smallest absolute Gasteiger partial charge is 0.251 e. The Morgan fingerprint density at radius 1 is 1.26 bits per heavy atom. The fourth-order valence-corrected chi connectivity index (χ4v) is 4.31. The first-order valence-corrected chi connectivity index (χ1v) is 11.2. The van der Waals surface area contributed by atoms with E-state index >= 15 is 0 Å². The van der Waals surface area contributed by atoms with Crippen LogP contribution in [0, 0.1) is 5.82 Å². The third kappa shape index (κ3) is 5.48. The summed E-state index contributed by atoms with van der Waals surface area (Å²) in [6, 6.07) is 11.4.